The summed E-state index contributed by atoms with van der Waals surface area (Å²) in [4.78, 5) is 24.3. The molecule has 0 saturated carbocycles. The van der Waals surface area contributed by atoms with E-state index in [9.17, 15) is 14.7 Å². The van der Waals surface area contributed by atoms with Crippen LogP contribution >= 0.6 is 0 Å². The van der Waals surface area contributed by atoms with Crippen molar-refractivity contribution in [2.45, 2.75) is 18.8 Å². The maximum atomic E-state index is 12.5. The molecule has 25 heavy (non-hydrogen) atoms. The summed E-state index contributed by atoms with van der Waals surface area (Å²) in [5.41, 5.74) is 7.53. The summed E-state index contributed by atoms with van der Waals surface area (Å²) in [5, 5.41) is 10.2. The first-order valence-corrected chi connectivity index (χ1v) is 7.81. The van der Waals surface area contributed by atoms with E-state index in [1.54, 1.807) is 42.5 Å². The second kappa shape index (κ2) is 8.96. The zero-order valence-corrected chi connectivity index (χ0v) is 13.9. The number of carbonyl (C=O) groups is 2. The lowest BCUT2D eigenvalue weighted by Crippen LogP contribution is -2.43. The van der Waals surface area contributed by atoms with E-state index in [4.69, 9.17) is 10.5 Å². The van der Waals surface area contributed by atoms with Gasteiger partial charge in [0.15, 0.2) is 6.10 Å². The van der Waals surface area contributed by atoms with Gasteiger partial charge in [0.1, 0.15) is 12.5 Å². The van der Waals surface area contributed by atoms with Crippen LogP contribution in [0.3, 0.4) is 0 Å². The minimum atomic E-state index is -1.72. The highest BCUT2D eigenvalue weighted by molar-refractivity contribution is 5.84. The molecule has 0 aliphatic carbocycles. The smallest absolute Gasteiger partial charge is 0.335 e. The molecule has 0 spiro atoms. The second-order valence-corrected chi connectivity index (χ2v) is 5.52. The van der Waals surface area contributed by atoms with Gasteiger partial charge in [-0.2, -0.15) is 0 Å². The number of aliphatic hydroxyl groups is 1. The minimum absolute atomic E-state index is 0.0194. The Morgan fingerprint density at radius 3 is 2.12 bits per heavy atom. The van der Waals surface area contributed by atoms with Crippen LogP contribution in [-0.2, 0) is 25.7 Å². The number of aliphatic hydroxyl groups excluding tert-OH is 1. The molecule has 0 fully saturated rings. The van der Waals surface area contributed by atoms with Crippen LogP contribution in [0.1, 0.15) is 17.2 Å². The molecule has 0 amide bonds. The van der Waals surface area contributed by atoms with Crippen LogP contribution in [0, 0.1) is 5.92 Å². The van der Waals surface area contributed by atoms with Crippen molar-refractivity contribution >= 4 is 11.9 Å². The first-order chi connectivity index (χ1) is 12.0. The molecule has 2 aromatic carbocycles. The van der Waals surface area contributed by atoms with Gasteiger partial charge in [0.2, 0.25) is 0 Å². The van der Waals surface area contributed by atoms with Gasteiger partial charge in [0.05, 0.1) is 7.11 Å². The Bertz CT molecular complexity index is 689. The van der Waals surface area contributed by atoms with E-state index >= 15 is 0 Å². The molecule has 0 saturated heterocycles. The predicted octanol–water partition coefficient (Wildman–Crippen LogP) is 1.58. The molecule has 0 radical (unpaired) electrons. The fourth-order valence-electron chi connectivity index (χ4n) is 2.45. The number of rotatable bonds is 7. The summed E-state index contributed by atoms with van der Waals surface area (Å²) in [5.74, 6) is -2.98. The van der Waals surface area contributed by atoms with Crippen LogP contribution in [-0.4, -0.2) is 30.3 Å². The standard InChI is InChI=1S/C19H21NO5/c1-24-19(23)17(21)15(16(20)14-10-6-3-7-11-14)18(22)25-12-13-8-4-2-5-9-13/h2-11,15-17,21H,12,20H2,1H3. The van der Waals surface area contributed by atoms with Crippen LogP contribution in [0.2, 0.25) is 0 Å². The van der Waals surface area contributed by atoms with Gasteiger partial charge in [-0.05, 0) is 11.1 Å². The minimum Gasteiger partial charge on any atom is -0.467 e. The van der Waals surface area contributed by atoms with Gasteiger partial charge in [-0.25, -0.2) is 4.79 Å². The van der Waals surface area contributed by atoms with E-state index in [1.165, 1.54) is 0 Å². The monoisotopic (exact) mass is 343 g/mol. The number of benzene rings is 2. The van der Waals surface area contributed by atoms with Crippen LogP contribution in [0.5, 0.6) is 0 Å². The van der Waals surface area contributed by atoms with Crippen molar-refractivity contribution in [3.63, 3.8) is 0 Å². The highest BCUT2D eigenvalue weighted by Gasteiger charge is 2.39. The Kier molecular flexibility index (Phi) is 6.68. The number of ether oxygens (including phenoxy) is 2. The fourth-order valence-corrected chi connectivity index (χ4v) is 2.45. The molecule has 0 bridgehead atoms. The van der Waals surface area contributed by atoms with Crippen LogP contribution in [0.15, 0.2) is 60.7 Å². The zero-order chi connectivity index (χ0) is 18.2. The molecule has 3 N–H and O–H groups in total. The van der Waals surface area contributed by atoms with Gasteiger partial charge < -0.3 is 20.3 Å². The lowest BCUT2D eigenvalue weighted by molar-refractivity contribution is -0.166. The Labute approximate surface area is 146 Å². The highest BCUT2D eigenvalue weighted by atomic mass is 16.5. The molecule has 0 aromatic heterocycles. The van der Waals surface area contributed by atoms with Crippen molar-refractivity contribution in [1.82, 2.24) is 0 Å². The molecule has 0 aliphatic rings. The molecule has 2 aromatic rings. The van der Waals surface area contributed by atoms with Crippen LogP contribution in [0.4, 0.5) is 0 Å². The van der Waals surface area contributed by atoms with Crippen molar-refractivity contribution in [1.29, 1.82) is 0 Å². The third kappa shape index (κ3) is 4.89. The third-order valence-corrected chi connectivity index (χ3v) is 3.85. The van der Waals surface area contributed by atoms with Gasteiger partial charge in [-0.1, -0.05) is 60.7 Å². The van der Waals surface area contributed by atoms with Gasteiger partial charge in [-0.3, -0.25) is 4.79 Å². The molecular weight excluding hydrogens is 322 g/mol. The Morgan fingerprint density at radius 1 is 1.00 bits per heavy atom. The fraction of sp³-hybridized carbons (Fsp3) is 0.263. The molecule has 2 rings (SSSR count). The molecule has 3 unspecified atom stereocenters. The summed E-state index contributed by atoms with van der Waals surface area (Å²) in [6.07, 6.45) is -1.72. The number of esters is 2. The molecule has 0 heterocycles. The molecule has 132 valence electrons. The normalized spacial score (nSPS) is 14.2. The van der Waals surface area contributed by atoms with Gasteiger partial charge in [0.25, 0.3) is 0 Å². The molecule has 6 nitrogen and oxygen atoms in total. The summed E-state index contributed by atoms with van der Waals surface area (Å²) in [7, 11) is 1.13. The SMILES string of the molecule is COC(=O)C(O)C(C(=O)OCc1ccccc1)C(N)c1ccccc1. The number of carbonyl (C=O) groups excluding carboxylic acids is 2. The maximum Gasteiger partial charge on any atom is 0.335 e. The lowest BCUT2D eigenvalue weighted by atomic mass is 9.89. The second-order valence-electron chi connectivity index (χ2n) is 5.52. The zero-order valence-electron chi connectivity index (χ0n) is 13.9. The average molecular weight is 343 g/mol. The average Bonchev–Trinajstić information content (AvgIpc) is 2.67. The predicted molar refractivity (Wildman–Crippen MR) is 91.1 cm³/mol. The van der Waals surface area contributed by atoms with Gasteiger partial charge >= 0.3 is 11.9 Å². The molecule has 0 aliphatic heterocycles. The van der Waals surface area contributed by atoms with Crippen LogP contribution < -0.4 is 5.73 Å². The van der Waals surface area contributed by atoms with Crippen molar-refractivity contribution in [2.24, 2.45) is 11.7 Å². The Balaban J connectivity index is 2.18. The lowest BCUT2D eigenvalue weighted by Gasteiger charge is -2.25. The van der Waals surface area contributed by atoms with Crippen molar-refractivity contribution < 1.29 is 24.2 Å². The number of hydrogen-bond donors (Lipinski definition) is 2. The van der Waals surface area contributed by atoms with E-state index in [2.05, 4.69) is 4.74 Å². The number of hydrogen-bond acceptors (Lipinski definition) is 6. The van der Waals surface area contributed by atoms with E-state index in [-0.39, 0.29) is 6.61 Å². The first-order valence-electron chi connectivity index (χ1n) is 7.81. The quantitative estimate of drug-likeness (QED) is 0.741. The van der Waals surface area contributed by atoms with E-state index in [0.717, 1.165) is 12.7 Å². The highest BCUT2D eigenvalue weighted by Crippen LogP contribution is 2.25. The van der Waals surface area contributed by atoms with E-state index < -0.39 is 30.0 Å². The molecule has 6 heteroatoms. The van der Waals surface area contributed by atoms with Gasteiger partial charge in [-0.15, -0.1) is 0 Å². The van der Waals surface area contributed by atoms with Gasteiger partial charge in [0, 0.05) is 6.04 Å². The van der Waals surface area contributed by atoms with E-state index in [0.29, 0.717) is 5.56 Å². The summed E-state index contributed by atoms with van der Waals surface area (Å²) < 4.78 is 9.80. The molecular formula is C19H21NO5. The molecule has 3 atom stereocenters. The topological polar surface area (TPSA) is 98.8 Å². The summed E-state index contributed by atoms with van der Waals surface area (Å²) in [6.45, 7) is 0.0194. The van der Waals surface area contributed by atoms with Crippen molar-refractivity contribution in [2.75, 3.05) is 7.11 Å². The summed E-state index contributed by atoms with van der Waals surface area (Å²) >= 11 is 0. The third-order valence-electron chi connectivity index (χ3n) is 3.85. The van der Waals surface area contributed by atoms with Crippen molar-refractivity contribution in [3.05, 3.63) is 71.8 Å². The van der Waals surface area contributed by atoms with Crippen LogP contribution in [0.25, 0.3) is 0 Å². The number of nitrogens with two attached hydrogens (primary N) is 1. The Morgan fingerprint density at radius 2 is 1.56 bits per heavy atom. The largest absolute Gasteiger partial charge is 0.467 e. The maximum absolute atomic E-state index is 12.5. The van der Waals surface area contributed by atoms with Crippen molar-refractivity contribution in [3.8, 4) is 0 Å². The van der Waals surface area contributed by atoms with E-state index in [1.807, 2.05) is 18.2 Å². The summed E-state index contributed by atoms with van der Waals surface area (Å²) in [6, 6.07) is 16.9. The number of methoxy groups -OCH3 is 1. The Hall–Kier alpha value is -2.70. The first kappa shape index (κ1) is 18.6.